The molecular formula is C14H25N5O. The van der Waals surface area contributed by atoms with Crippen molar-refractivity contribution in [2.75, 3.05) is 33.7 Å². The quantitative estimate of drug-likeness (QED) is 0.888. The van der Waals surface area contributed by atoms with Gasteiger partial charge in [-0.2, -0.15) is 4.98 Å². The topological polar surface area (TPSA) is 71.4 Å². The van der Waals surface area contributed by atoms with Gasteiger partial charge in [0.05, 0.1) is 11.6 Å². The molecule has 2 fully saturated rings. The molecule has 1 aromatic rings. The van der Waals surface area contributed by atoms with Gasteiger partial charge in [-0.05, 0) is 59.3 Å². The normalized spacial score (nSPS) is 29.1. The first-order valence-corrected chi connectivity index (χ1v) is 7.50. The van der Waals surface area contributed by atoms with Gasteiger partial charge in [-0.1, -0.05) is 5.16 Å². The molecule has 1 aliphatic carbocycles. The fraction of sp³-hybridized carbons (Fsp3) is 0.857. The van der Waals surface area contributed by atoms with E-state index in [4.69, 9.17) is 10.3 Å². The molecule has 2 heterocycles. The van der Waals surface area contributed by atoms with Crippen molar-refractivity contribution in [3.8, 4) is 0 Å². The van der Waals surface area contributed by atoms with E-state index in [0.29, 0.717) is 11.8 Å². The summed E-state index contributed by atoms with van der Waals surface area (Å²) in [6.07, 6.45) is 3.50. The van der Waals surface area contributed by atoms with Crippen molar-refractivity contribution in [3.63, 3.8) is 0 Å². The Hall–Kier alpha value is -0.980. The molecule has 0 amide bonds. The fourth-order valence-corrected chi connectivity index (χ4v) is 3.00. The Morgan fingerprint density at radius 2 is 2.05 bits per heavy atom. The second-order valence-electron chi connectivity index (χ2n) is 6.63. The van der Waals surface area contributed by atoms with Crippen molar-refractivity contribution >= 4 is 0 Å². The lowest BCUT2D eigenvalue weighted by Gasteiger charge is -2.24. The maximum atomic E-state index is 6.36. The predicted molar refractivity (Wildman–Crippen MR) is 76.0 cm³/mol. The molecule has 0 aromatic carbocycles. The van der Waals surface area contributed by atoms with E-state index in [1.54, 1.807) is 0 Å². The number of hydrogen-bond acceptors (Lipinski definition) is 6. The second-order valence-corrected chi connectivity index (χ2v) is 6.63. The molecule has 20 heavy (non-hydrogen) atoms. The van der Waals surface area contributed by atoms with Crippen molar-refractivity contribution in [2.45, 2.75) is 37.8 Å². The molecule has 0 spiro atoms. The first-order valence-electron chi connectivity index (χ1n) is 7.50. The molecule has 0 bridgehead atoms. The van der Waals surface area contributed by atoms with E-state index in [0.717, 1.165) is 38.3 Å². The highest BCUT2D eigenvalue weighted by atomic mass is 16.5. The summed E-state index contributed by atoms with van der Waals surface area (Å²) >= 11 is 0. The highest BCUT2D eigenvalue weighted by Crippen LogP contribution is 2.43. The first kappa shape index (κ1) is 14.0. The van der Waals surface area contributed by atoms with Crippen LogP contribution >= 0.6 is 0 Å². The van der Waals surface area contributed by atoms with Crippen molar-refractivity contribution < 1.29 is 4.52 Å². The summed E-state index contributed by atoms with van der Waals surface area (Å²) < 4.78 is 5.48. The van der Waals surface area contributed by atoms with Crippen LogP contribution in [0.4, 0.5) is 0 Å². The van der Waals surface area contributed by atoms with E-state index in [-0.39, 0.29) is 6.04 Å². The summed E-state index contributed by atoms with van der Waals surface area (Å²) in [4.78, 5) is 9.26. The summed E-state index contributed by atoms with van der Waals surface area (Å²) in [5, 5.41) is 4.21. The summed E-state index contributed by atoms with van der Waals surface area (Å²) in [7, 11) is 4.27. The Morgan fingerprint density at radius 1 is 1.30 bits per heavy atom. The van der Waals surface area contributed by atoms with Crippen LogP contribution in [-0.4, -0.2) is 53.7 Å². The molecule has 6 heteroatoms. The van der Waals surface area contributed by atoms with Gasteiger partial charge in [-0.3, -0.25) is 4.90 Å². The minimum absolute atomic E-state index is 0.190. The summed E-state index contributed by atoms with van der Waals surface area (Å²) in [6.45, 7) is 5.11. The third-order valence-corrected chi connectivity index (χ3v) is 4.69. The third kappa shape index (κ3) is 2.60. The molecule has 2 atom stereocenters. The van der Waals surface area contributed by atoms with Crippen molar-refractivity contribution in [1.82, 2.24) is 19.9 Å². The Labute approximate surface area is 120 Å². The zero-order valence-corrected chi connectivity index (χ0v) is 12.7. The van der Waals surface area contributed by atoms with E-state index in [1.807, 2.05) is 6.92 Å². The molecule has 112 valence electrons. The predicted octanol–water partition coefficient (Wildman–Crippen LogP) is 0.962. The standard InChI is InChI=1S/C14H25N5O/c1-14(15,10-5-6-10)13-16-12(17-20-13)11-9-18(2)7-4-8-19(11)3/h10-11H,4-9,15H2,1-3H3. The number of nitrogens with two attached hydrogens (primary N) is 1. The summed E-state index contributed by atoms with van der Waals surface area (Å²) in [5.74, 6) is 1.86. The highest BCUT2D eigenvalue weighted by Gasteiger charge is 2.44. The van der Waals surface area contributed by atoms with Crippen molar-refractivity contribution in [3.05, 3.63) is 11.7 Å². The molecule has 6 nitrogen and oxygen atoms in total. The lowest BCUT2D eigenvalue weighted by Crippen LogP contribution is -2.36. The first-order chi connectivity index (χ1) is 9.48. The minimum Gasteiger partial charge on any atom is -0.337 e. The van der Waals surface area contributed by atoms with Crippen LogP contribution in [0, 0.1) is 5.92 Å². The molecular weight excluding hydrogens is 254 g/mol. The molecule has 1 saturated carbocycles. The molecule has 1 saturated heterocycles. The fourth-order valence-electron chi connectivity index (χ4n) is 3.00. The van der Waals surface area contributed by atoms with Gasteiger partial charge in [0, 0.05) is 6.54 Å². The maximum Gasteiger partial charge on any atom is 0.246 e. The Balaban J connectivity index is 1.81. The van der Waals surface area contributed by atoms with Gasteiger partial charge in [0.2, 0.25) is 5.89 Å². The summed E-state index contributed by atoms with van der Waals surface area (Å²) in [6, 6.07) is 0.190. The van der Waals surface area contributed by atoms with Crippen molar-refractivity contribution in [2.24, 2.45) is 11.7 Å². The lowest BCUT2D eigenvalue weighted by molar-refractivity contribution is 0.213. The molecule has 0 radical (unpaired) electrons. The number of nitrogens with zero attached hydrogens (tertiary/aromatic N) is 4. The number of hydrogen-bond donors (Lipinski definition) is 1. The second kappa shape index (κ2) is 5.09. The third-order valence-electron chi connectivity index (χ3n) is 4.69. The van der Waals surface area contributed by atoms with Gasteiger partial charge in [-0.25, -0.2) is 0 Å². The zero-order valence-electron chi connectivity index (χ0n) is 12.7. The van der Waals surface area contributed by atoms with Gasteiger partial charge in [-0.15, -0.1) is 0 Å². The average Bonchev–Trinajstić information content (AvgIpc) is 3.16. The van der Waals surface area contributed by atoms with E-state index in [9.17, 15) is 0 Å². The van der Waals surface area contributed by atoms with Gasteiger partial charge < -0.3 is 15.2 Å². The number of likely N-dealkylation sites (N-methyl/N-ethyl adjacent to an activating group) is 2. The smallest absolute Gasteiger partial charge is 0.246 e. The van der Waals surface area contributed by atoms with Crippen molar-refractivity contribution in [1.29, 1.82) is 0 Å². The van der Waals surface area contributed by atoms with Crippen LogP contribution in [0.25, 0.3) is 0 Å². The van der Waals surface area contributed by atoms with E-state index in [1.165, 1.54) is 6.42 Å². The van der Waals surface area contributed by atoms with Crippen LogP contribution in [0.15, 0.2) is 4.52 Å². The summed E-state index contributed by atoms with van der Waals surface area (Å²) in [5.41, 5.74) is 5.89. The van der Waals surface area contributed by atoms with Crippen LogP contribution < -0.4 is 5.73 Å². The van der Waals surface area contributed by atoms with Gasteiger partial charge >= 0.3 is 0 Å². The molecule has 1 aliphatic heterocycles. The average molecular weight is 279 g/mol. The molecule has 1 aromatic heterocycles. The van der Waals surface area contributed by atoms with Crippen LogP contribution in [0.5, 0.6) is 0 Å². The van der Waals surface area contributed by atoms with Crippen LogP contribution in [0.3, 0.4) is 0 Å². The van der Waals surface area contributed by atoms with Gasteiger partial charge in [0.25, 0.3) is 0 Å². The SMILES string of the molecule is CN1CCCN(C)C(c2noc(C(C)(N)C3CC3)n2)C1. The Morgan fingerprint density at radius 3 is 2.75 bits per heavy atom. The van der Waals surface area contributed by atoms with Crippen LogP contribution in [0.2, 0.25) is 0 Å². The van der Waals surface area contributed by atoms with Crippen LogP contribution in [0.1, 0.15) is 43.9 Å². The van der Waals surface area contributed by atoms with E-state index >= 15 is 0 Å². The number of aromatic nitrogens is 2. The Bertz CT molecular complexity index is 468. The maximum absolute atomic E-state index is 6.36. The molecule has 3 rings (SSSR count). The zero-order chi connectivity index (χ0) is 14.3. The van der Waals surface area contributed by atoms with E-state index in [2.05, 4.69) is 34.0 Å². The molecule has 2 aliphatic rings. The highest BCUT2D eigenvalue weighted by molar-refractivity contribution is 5.09. The molecule has 2 unspecified atom stereocenters. The van der Waals surface area contributed by atoms with Crippen LogP contribution in [-0.2, 0) is 5.54 Å². The minimum atomic E-state index is -0.472. The molecule has 2 N–H and O–H groups in total. The largest absolute Gasteiger partial charge is 0.337 e. The lowest BCUT2D eigenvalue weighted by atomic mass is 9.97. The van der Waals surface area contributed by atoms with E-state index < -0.39 is 5.54 Å². The number of rotatable bonds is 3. The Kier molecular flexibility index (Phi) is 3.56. The van der Waals surface area contributed by atoms with Gasteiger partial charge in [0.1, 0.15) is 0 Å². The van der Waals surface area contributed by atoms with Gasteiger partial charge in [0.15, 0.2) is 5.82 Å². The monoisotopic (exact) mass is 279 g/mol.